The maximum Gasteiger partial charge on any atom is 0.257 e. The van der Waals surface area contributed by atoms with Crippen molar-refractivity contribution in [1.82, 2.24) is 4.98 Å². The maximum absolute atomic E-state index is 13.5. The van der Waals surface area contributed by atoms with E-state index in [0.29, 0.717) is 21.3 Å². The normalized spacial score (nSPS) is 12.7. The Morgan fingerprint density at radius 1 is 1.03 bits per heavy atom. The Labute approximate surface area is 173 Å². The second kappa shape index (κ2) is 6.98. The molecule has 0 unspecified atom stereocenters. The van der Waals surface area contributed by atoms with E-state index in [2.05, 4.69) is 15.6 Å². The van der Waals surface area contributed by atoms with E-state index in [1.165, 1.54) is 35.2 Å². The molecule has 0 saturated carbocycles. The monoisotopic (exact) mass is 421 g/mol. The first-order valence-electron chi connectivity index (χ1n) is 8.66. The molecule has 1 aliphatic rings. The molecule has 0 bridgehead atoms. The highest BCUT2D eigenvalue weighted by Gasteiger charge is 2.22. The number of carbonyl (C=O) groups excluding carboxylic acids is 2. The molecular formula is C21H12FN3O2S2. The Hall–Kier alpha value is -3.23. The molecule has 0 saturated heterocycles. The third kappa shape index (κ3) is 3.37. The van der Waals surface area contributed by atoms with Gasteiger partial charge in [0.1, 0.15) is 5.82 Å². The lowest BCUT2D eigenvalue weighted by Crippen LogP contribution is -2.14. The second-order valence-electron chi connectivity index (χ2n) is 6.35. The fraction of sp³-hybridized carbons (Fsp3) is 0. The molecule has 0 fully saturated rings. The summed E-state index contributed by atoms with van der Waals surface area (Å²) in [5.41, 5.74) is 1.99. The van der Waals surface area contributed by atoms with Crippen molar-refractivity contribution in [3.8, 4) is 0 Å². The Kier molecular flexibility index (Phi) is 4.30. The first-order chi connectivity index (χ1) is 14.1. The lowest BCUT2D eigenvalue weighted by molar-refractivity contribution is 0.101. The van der Waals surface area contributed by atoms with E-state index < -0.39 is 11.7 Å². The Balaban J connectivity index is 1.43. The number of benzene rings is 3. The predicted octanol–water partition coefficient (Wildman–Crippen LogP) is 5.40. The van der Waals surface area contributed by atoms with Crippen LogP contribution in [0.3, 0.4) is 0 Å². The third-order valence-corrected chi connectivity index (χ3v) is 6.51. The van der Waals surface area contributed by atoms with Crippen molar-refractivity contribution < 1.29 is 14.0 Å². The Morgan fingerprint density at radius 3 is 2.72 bits per heavy atom. The summed E-state index contributed by atoms with van der Waals surface area (Å²) in [6, 6.07) is 16.8. The fourth-order valence-electron chi connectivity index (χ4n) is 3.03. The quantitative estimate of drug-likeness (QED) is 0.454. The number of carbonyl (C=O) groups is 2. The van der Waals surface area contributed by atoms with Crippen LogP contribution in [0, 0.1) is 5.82 Å². The first kappa shape index (κ1) is 17.8. The molecular weight excluding hydrogens is 409 g/mol. The minimum atomic E-state index is -0.471. The van der Waals surface area contributed by atoms with Crippen LogP contribution in [-0.2, 0) is 0 Å². The summed E-state index contributed by atoms with van der Waals surface area (Å²) >= 11 is 2.74. The topological polar surface area (TPSA) is 71.1 Å². The smallest absolute Gasteiger partial charge is 0.257 e. The maximum atomic E-state index is 13.5. The van der Waals surface area contributed by atoms with Gasteiger partial charge in [0, 0.05) is 15.4 Å². The van der Waals surface area contributed by atoms with Gasteiger partial charge in [-0.1, -0.05) is 35.2 Å². The molecule has 2 N–H and O–H groups in total. The van der Waals surface area contributed by atoms with E-state index >= 15 is 0 Å². The second-order valence-corrected chi connectivity index (χ2v) is 8.46. The van der Waals surface area contributed by atoms with Crippen LogP contribution in [0.25, 0.3) is 10.2 Å². The molecule has 1 aliphatic heterocycles. The predicted molar refractivity (Wildman–Crippen MR) is 112 cm³/mol. The van der Waals surface area contributed by atoms with Crippen molar-refractivity contribution in [1.29, 1.82) is 0 Å². The summed E-state index contributed by atoms with van der Waals surface area (Å²) in [7, 11) is 0. The number of nitrogens with zero attached hydrogens (tertiary/aromatic N) is 1. The highest BCUT2D eigenvalue weighted by atomic mass is 32.2. The number of hydrogen-bond donors (Lipinski definition) is 2. The number of halogens is 1. The van der Waals surface area contributed by atoms with Gasteiger partial charge >= 0.3 is 0 Å². The van der Waals surface area contributed by atoms with Gasteiger partial charge in [-0.05, 0) is 48.5 Å². The van der Waals surface area contributed by atoms with Crippen molar-refractivity contribution in [2.75, 3.05) is 10.6 Å². The van der Waals surface area contributed by atoms with Crippen LogP contribution in [0.15, 0.2) is 70.5 Å². The molecule has 2 heterocycles. The van der Waals surface area contributed by atoms with E-state index in [1.807, 2.05) is 24.3 Å². The van der Waals surface area contributed by atoms with Crippen LogP contribution in [0.5, 0.6) is 0 Å². The van der Waals surface area contributed by atoms with Gasteiger partial charge in [0.2, 0.25) is 0 Å². The average molecular weight is 421 g/mol. The zero-order valence-corrected chi connectivity index (χ0v) is 16.4. The summed E-state index contributed by atoms with van der Waals surface area (Å²) in [5.74, 6) is -1.20. The van der Waals surface area contributed by atoms with Gasteiger partial charge in [-0.3, -0.25) is 14.9 Å². The van der Waals surface area contributed by atoms with Gasteiger partial charge in [-0.25, -0.2) is 9.37 Å². The van der Waals surface area contributed by atoms with Crippen molar-refractivity contribution in [3.63, 3.8) is 0 Å². The van der Waals surface area contributed by atoms with Gasteiger partial charge in [-0.15, -0.1) is 0 Å². The molecule has 0 spiro atoms. The number of amides is 2. The van der Waals surface area contributed by atoms with E-state index in [0.717, 1.165) is 15.1 Å². The molecule has 0 radical (unpaired) electrons. The van der Waals surface area contributed by atoms with Crippen molar-refractivity contribution >= 4 is 55.9 Å². The highest BCUT2D eigenvalue weighted by molar-refractivity contribution is 7.99. The Bertz CT molecular complexity index is 1270. The van der Waals surface area contributed by atoms with Crippen molar-refractivity contribution in [2.24, 2.45) is 0 Å². The van der Waals surface area contributed by atoms with Gasteiger partial charge in [0.15, 0.2) is 5.13 Å². The Morgan fingerprint density at radius 2 is 1.86 bits per heavy atom. The average Bonchev–Trinajstić information content (AvgIpc) is 3.06. The number of aromatic nitrogens is 1. The van der Waals surface area contributed by atoms with Crippen LogP contribution in [0.4, 0.5) is 15.2 Å². The van der Waals surface area contributed by atoms with Crippen LogP contribution < -0.4 is 10.6 Å². The number of nitrogens with one attached hydrogen (secondary N) is 2. The molecule has 0 aliphatic carbocycles. The lowest BCUT2D eigenvalue weighted by Gasteiger charge is -2.08. The fourth-order valence-corrected chi connectivity index (χ4v) is 4.88. The van der Waals surface area contributed by atoms with Crippen LogP contribution in [0.2, 0.25) is 0 Å². The molecule has 5 nitrogen and oxygen atoms in total. The van der Waals surface area contributed by atoms with E-state index in [4.69, 9.17) is 0 Å². The minimum Gasteiger partial charge on any atom is -0.321 e. The third-order valence-electron chi connectivity index (χ3n) is 4.41. The summed E-state index contributed by atoms with van der Waals surface area (Å²) in [5, 5.41) is 6.08. The summed E-state index contributed by atoms with van der Waals surface area (Å²) in [4.78, 5) is 31.0. The zero-order chi connectivity index (χ0) is 20.0. The molecule has 8 heteroatoms. The van der Waals surface area contributed by atoms with Gasteiger partial charge in [0.25, 0.3) is 11.8 Å². The van der Waals surface area contributed by atoms with Crippen LogP contribution in [-0.4, -0.2) is 16.8 Å². The van der Waals surface area contributed by atoms with E-state index in [9.17, 15) is 14.0 Å². The SMILES string of the molecule is O=C(Nc1nc2ccccc2s1)c1ccc2c(c1)NC(=O)c1cc(F)ccc1S2. The number of thiazole rings is 1. The molecule has 3 aromatic carbocycles. The largest absolute Gasteiger partial charge is 0.321 e. The van der Waals surface area contributed by atoms with E-state index in [-0.39, 0.29) is 11.5 Å². The zero-order valence-electron chi connectivity index (χ0n) is 14.7. The summed E-state index contributed by atoms with van der Waals surface area (Å²) in [6.07, 6.45) is 0. The van der Waals surface area contributed by atoms with Crippen LogP contribution in [0.1, 0.15) is 20.7 Å². The number of fused-ring (bicyclic) bond motifs is 3. The first-order valence-corrected chi connectivity index (χ1v) is 10.3. The summed E-state index contributed by atoms with van der Waals surface area (Å²) in [6.45, 7) is 0. The van der Waals surface area contributed by atoms with Gasteiger partial charge in [0.05, 0.1) is 21.5 Å². The minimum absolute atomic E-state index is 0.270. The van der Waals surface area contributed by atoms with Crippen molar-refractivity contribution in [3.05, 3.63) is 77.6 Å². The van der Waals surface area contributed by atoms with Crippen LogP contribution >= 0.6 is 23.1 Å². The molecule has 0 atom stereocenters. The number of para-hydroxylation sites is 1. The van der Waals surface area contributed by atoms with E-state index in [1.54, 1.807) is 24.3 Å². The molecule has 2 amide bonds. The standard InChI is InChI=1S/C21H12FN3O2S2/c22-12-6-8-16-13(10-12)20(27)23-15-9-11(5-7-18(15)28-16)19(26)25-21-24-14-3-1-2-4-17(14)29-21/h1-10H,(H,23,27)(H,24,25,26). The number of anilines is 2. The molecule has 4 aromatic rings. The summed E-state index contributed by atoms with van der Waals surface area (Å²) < 4.78 is 14.5. The highest BCUT2D eigenvalue weighted by Crippen LogP contribution is 2.39. The van der Waals surface area contributed by atoms with Gasteiger partial charge in [-0.2, -0.15) is 0 Å². The molecule has 142 valence electrons. The lowest BCUT2D eigenvalue weighted by atomic mass is 10.1. The number of rotatable bonds is 2. The number of hydrogen-bond acceptors (Lipinski definition) is 5. The molecule has 5 rings (SSSR count). The molecule has 29 heavy (non-hydrogen) atoms. The molecule has 1 aromatic heterocycles. The van der Waals surface area contributed by atoms with Gasteiger partial charge < -0.3 is 5.32 Å². The van der Waals surface area contributed by atoms with Crippen molar-refractivity contribution in [2.45, 2.75) is 9.79 Å².